The lowest BCUT2D eigenvalue weighted by Crippen LogP contribution is -2.40. The van der Waals surface area contributed by atoms with Gasteiger partial charge in [-0.25, -0.2) is 0 Å². The third-order valence-corrected chi connectivity index (χ3v) is 3.72. The summed E-state index contributed by atoms with van der Waals surface area (Å²) in [5.41, 5.74) is 0. The van der Waals surface area contributed by atoms with Gasteiger partial charge in [0, 0.05) is 0 Å². The molecule has 0 spiro atoms. The van der Waals surface area contributed by atoms with Crippen molar-refractivity contribution in [3.63, 3.8) is 0 Å². The van der Waals surface area contributed by atoms with E-state index in [2.05, 4.69) is 0 Å². The first-order valence-corrected chi connectivity index (χ1v) is 7.03. The second-order valence-electron chi connectivity index (χ2n) is 5.21. The Morgan fingerprint density at radius 1 is 0.611 bits per heavy atom. The van der Waals surface area contributed by atoms with Gasteiger partial charge < -0.3 is 10.4 Å². The molecule has 0 radical (unpaired) electrons. The highest BCUT2D eigenvalue weighted by Gasteiger charge is 2.18. The van der Waals surface area contributed by atoms with Gasteiger partial charge in [-0.15, -0.1) is 0 Å². The van der Waals surface area contributed by atoms with Crippen LogP contribution in [-0.2, 0) is 9.68 Å². The van der Waals surface area contributed by atoms with E-state index >= 15 is 0 Å². The van der Waals surface area contributed by atoms with Gasteiger partial charge in [-0.2, -0.15) is 10.7 Å². The SMILES string of the molecule is [O-]N(OC1CCCCC1)N([O-])OC1CCCCC1. The lowest BCUT2D eigenvalue weighted by Gasteiger charge is -2.45. The van der Waals surface area contributed by atoms with E-state index < -0.39 is 0 Å². The summed E-state index contributed by atoms with van der Waals surface area (Å²) < 4.78 is 0. The fourth-order valence-corrected chi connectivity index (χ4v) is 2.67. The molecule has 106 valence electrons. The van der Waals surface area contributed by atoms with E-state index in [9.17, 15) is 10.4 Å². The molecule has 0 unspecified atom stereocenters. The molecule has 0 aliphatic heterocycles. The molecular weight excluding hydrogens is 236 g/mol. The van der Waals surface area contributed by atoms with Gasteiger partial charge >= 0.3 is 0 Å². The van der Waals surface area contributed by atoms with E-state index in [1.165, 1.54) is 12.8 Å². The number of hydrogen-bond acceptors (Lipinski definition) is 6. The van der Waals surface area contributed by atoms with Gasteiger partial charge in [-0.3, -0.25) is 9.68 Å². The smallest absolute Gasteiger partial charge is 0.0798 e. The van der Waals surface area contributed by atoms with Crippen molar-refractivity contribution >= 4 is 0 Å². The summed E-state index contributed by atoms with van der Waals surface area (Å²) in [4.78, 5) is 10.1. The Hall–Kier alpha value is -0.240. The van der Waals surface area contributed by atoms with E-state index in [4.69, 9.17) is 9.68 Å². The highest BCUT2D eigenvalue weighted by atomic mass is 17.1. The largest absolute Gasteiger partial charge is 0.747 e. The molecule has 2 rings (SSSR count). The van der Waals surface area contributed by atoms with Crippen molar-refractivity contribution in [3.8, 4) is 0 Å². The Labute approximate surface area is 108 Å². The van der Waals surface area contributed by atoms with Gasteiger partial charge in [0.05, 0.1) is 12.2 Å². The molecule has 0 atom stereocenters. The fraction of sp³-hybridized carbons (Fsp3) is 1.00. The summed E-state index contributed by atoms with van der Waals surface area (Å²) in [7, 11) is 0. The Morgan fingerprint density at radius 3 is 1.28 bits per heavy atom. The highest BCUT2D eigenvalue weighted by molar-refractivity contribution is 4.66. The third kappa shape index (κ3) is 4.46. The zero-order valence-electron chi connectivity index (χ0n) is 10.8. The molecule has 0 heterocycles. The first-order valence-electron chi connectivity index (χ1n) is 7.03. The van der Waals surface area contributed by atoms with Crippen LogP contribution in [0.15, 0.2) is 0 Å². The highest BCUT2D eigenvalue weighted by Crippen LogP contribution is 2.24. The molecule has 18 heavy (non-hydrogen) atoms. The van der Waals surface area contributed by atoms with Crippen LogP contribution in [0.3, 0.4) is 0 Å². The fourth-order valence-electron chi connectivity index (χ4n) is 2.67. The minimum Gasteiger partial charge on any atom is -0.747 e. The maximum Gasteiger partial charge on any atom is 0.0798 e. The van der Waals surface area contributed by atoms with Gasteiger partial charge in [0.2, 0.25) is 0 Å². The monoisotopic (exact) mass is 258 g/mol. The molecular formula is C12H22N2O4-2. The van der Waals surface area contributed by atoms with Crippen molar-refractivity contribution in [3.05, 3.63) is 10.4 Å². The molecule has 0 aromatic rings. The summed E-state index contributed by atoms with van der Waals surface area (Å²) in [6, 6.07) is 0. The summed E-state index contributed by atoms with van der Waals surface area (Å²) in [5, 5.41) is 22.9. The second kappa shape index (κ2) is 7.37. The van der Waals surface area contributed by atoms with Crippen LogP contribution in [0, 0.1) is 10.4 Å². The Kier molecular flexibility index (Phi) is 5.81. The maximum atomic E-state index is 11.5. The Morgan fingerprint density at radius 2 is 0.944 bits per heavy atom. The van der Waals surface area contributed by atoms with Gasteiger partial charge in [0.1, 0.15) is 0 Å². The van der Waals surface area contributed by atoms with E-state index in [1.807, 2.05) is 0 Å². The maximum absolute atomic E-state index is 11.5. The van der Waals surface area contributed by atoms with E-state index in [-0.39, 0.29) is 22.9 Å². The van der Waals surface area contributed by atoms with Crippen LogP contribution in [0.25, 0.3) is 0 Å². The lowest BCUT2D eigenvalue weighted by atomic mass is 9.98. The topological polar surface area (TPSA) is 71.1 Å². The minimum atomic E-state index is -0.136. The molecule has 0 aromatic carbocycles. The molecule has 6 nitrogen and oxygen atoms in total. The van der Waals surface area contributed by atoms with Gasteiger partial charge in [0.25, 0.3) is 0 Å². The second-order valence-corrected chi connectivity index (χ2v) is 5.21. The van der Waals surface area contributed by atoms with Crippen LogP contribution in [0.5, 0.6) is 0 Å². The average molecular weight is 258 g/mol. The van der Waals surface area contributed by atoms with E-state index in [1.54, 1.807) is 0 Å². The zero-order valence-corrected chi connectivity index (χ0v) is 10.8. The predicted octanol–water partition coefficient (Wildman–Crippen LogP) is 3.03. The number of rotatable bonds is 5. The molecule has 0 bridgehead atoms. The van der Waals surface area contributed by atoms with Gasteiger partial charge in [0.15, 0.2) is 0 Å². The van der Waals surface area contributed by atoms with Gasteiger partial charge in [-0.1, -0.05) is 38.5 Å². The molecule has 0 aromatic heterocycles. The third-order valence-electron chi connectivity index (χ3n) is 3.72. The molecule has 0 amide bonds. The van der Waals surface area contributed by atoms with Gasteiger partial charge in [-0.05, 0) is 25.7 Å². The Bertz CT molecular complexity index is 206. The minimum absolute atomic E-state index is 0.0371. The average Bonchev–Trinajstić information content (AvgIpc) is 2.41. The normalized spacial score (nSPS) is 24.0. The first kappa shape index (κ1) is 14.2. The van der Waals surface area contributed by atoms with Crippen molar-refractivity contribution in [1.29, 1.82) is 0 Å². The van der Waals surface area contributed by atoms with Crippen LogP contribution in [0.1, 0.15) is 64.2 Å². The summed E-state index contributed by atoms with van der Waals surface area (Å²) in [6.07, 6.45) is 9.68. The molecule has 2 aliphatic rings. The van der Waals surface area contributed by atoms with Crippen molar-refractivity contribution in [2.45, 2.75) is 76.4 Å². The predicted molar refractivity (Wildman–Crippen MR) is 66.3 cm³/mol. The van der Waals surface area contributed by atoms with Crippen molar-refractivity contribution < 1.29 is 9.68 Å². The van der Waals surface area contributed by atoms with Crippen LogP contribution in [-0.4, -0.2) is 22.9 Å². The lowest BCUT2D eigenvalue weighted by molar-refractivity contribution is -0.388. The van der Waals surface area contributed by atoms with E-state index in [0.29, 0.717) is 0 Å². The van der Waals surface area contributed by atoms with Crippen LogP contribution in [0.4, 0.5) is 0 Å². The van der Waals surface area contributed by atoms with Crippen molar-refractivity contribution in [2.24, 2.45) is 0 Å². The Balaban J connectivity index is 1.68. The summed E-state index contributed by atoms with van der Waals surface area (Å²) in [6.45, 7) is 0. The van der Waals surface area contributed by atoms with Crippen LogP contribution < -0.4 is 0 Å². The number of nitrogens with zero attached hydrogens (tertiary/aromatic N) is 2. The van der Waals surface area contributed by atoms with Crippen molar-refractivity contribution in [2.75, 3.05) is 0 Å². The van der Waals surface area contributed by atoms with Crippen LogP contribution in [0.2, 0.25) is 0 Å². The zero-order chi connectivity index (χ0) is 12.8. The number of hydrazine groups is 1. The molecule has 0 N–H and O–H groups in total. The van der Waals surface area contributed by atoms with Crippen molar-refractivity contribution in [1.82, 2.24) is 10.7 Å². The molecule has 2 fully saturated rings. The van der Waals surface area contributed by atoms with Crippen LogP contribution >= 0.6 is 0 Å². The molecule has 0 saturated heterocycles. The number of hydrogen-bond donors (Lipinski definition) is 0. The summed E-state index contributed by atoms with van der Waals surface area (Å²) in [5.74, 6) is 0. The van der Waals surface area contributed by atoms with E-state index in [0.717, 1.165) is 51.4 Å². The quantitative estimate of drug-likeness (QED) is 0.706. The molecule has 2 saturated carbocycles. The first-order chi connectivity index (χ1) is 8.75. The standard InChI is InChI=1S/C12H22N2O4/c15-13(17-11-7-3-1-4-8-11)14(16)18-12-9-5-2-6-10-12/h11-12H,1-10H2/q-2. The molecule has 2 aliphatic carbocycles. The molecule has 6 heteroatoms. The summed E-state index contributed by atoms with van der Waals surface area (Å²) >= 11 is 0.